The Morgan fingerprint density at radius 2 is 1.79 bits per heavy atom. The van der Waals surface area contributed by atoms with Crippen molar-refractivity contribution in [3.63, 3.8) is 0 Å². The lowest BCUT2D eigenvalue weighted by molar-refractivity contribution is 0.0226. The topological polar surface area (TPSA) is 90.1 Å². The van der Waals surface area contributed by atoms with Gasteiger partial charge < -0.3 is 9.84 Å². The molecule has 28 heavy (non-hydrogen) atoms. The molecule has 7 nitrogen and oxygen atoms in total. The largest absolute Gasteiger partial charge is 0.488 e. The SMILES string of the molecule is O[C@@H]1[C@@H](CN(Cc2ccn[nH]2)Cc2ccn[nH]2)CC[C@H]1Oc1cccc(F)c1. The normalized spacial score (nSPS) is 22.0. The van der Waals surface area contributed by atoms with Crippen LogP contribution in [0.25, 0.3) is 0 Å². The van der Waals surface area contributed by atoms with E-state index in [4.69, 9.17) is 4.74 Å². The highest BCUT2D eigenvalue weighted by Gasteiger charge is 2.37. The van der Waals surface area contributed by atoms with Crippen LogP contribution in [0.5, 0.6) is 5.75 Å². The minimum absolute atomic E-state index is 0.0735. The summed E-state index contributed by atoms with van der Waals surface area (Å²) in [6.45, 7) is 2.09. The zero-order valence-electron chi connectivity index (χ0n) is 15.5. The molecule has 3 aromatic rings. The summed E-state index contributed by atoms with van der Waals surface area (Å²) in [5, 5.41) is 24.8. The highest BCUT2D eigenvalue weighted by molar-refractivity contribution is 5.23. The number of aliphatic hydroxyl groups excluding tert-OH is 1. The molecule has 0 saturated heterocycles. The smallest absolute Gasteiger partial charge is 0.126 e. The third-order valence-electron chi connectivity index (χ3n) is 5.17. The summed E-state index contributed by atoms with van der Waals surface area (Å²) >= 11 is 0. The molecule has 2 heterocycles. The van der Waals surface area contributed by atoms with Gasteiger partial charge in [-0.05, 0) is 37.1 Å². The number of hydrogen-bond donors (Lipinski definition) is 3. The van der Waals surface area contributed by atoms with Crippen molar-refractivity contribution in [2.45, 2.75) is 38.1 Å². The van der Waals surface area contributed by atoms with E-state index >= 15 is 0 Å². The lowest BCUT2D eigenvalue weighted by Gasteiger charge is -2.27. The van der Waals surface area contributed by atoms with Crippen molar-refractivity contribution in [1.29, 1.82) is 0 Å². The van der Waals surface area contributed by atoms with Gasteiger partial charge >= 0.3 is 0 Å². The van der Waals surface area contributed by atoms with Gasteiger partial charge in [0.1, 0.15) is 17.7 Å². The maximum Gasteiger partial charge on any atom is 0.126 e. The number of aromatic amines is 2. The lowest BCUT2D eigenvalue weighted by atomic mass is 10.0. The molecule has 3 N–H and O–H groups in total. The molecule has 0 radical (unpaired) electrons. The second kappa shape index (κ2) is 8.53. The van der Waals surface area contributed by atoms with Crippen molar-refractivity contribution in [3.8, 4) is 5.75 Å². The first-order valence-corrected chi connectivity index (χ1v) is 9.46. The summed E-state index contributed by atoms with van der Waals surface area (Å²) in [6.07, 6.45) is 4.13. The molecule has 0 aliphatic heterocycles. The highest BCUT2D eigenvalue weighted by atomic mass is 19.1. The fourth-order valence-electron chi connectivity index (χ4n) is 3.81. The van der Waals surface area contributed by atoms with Crippen LogP contribution >= 0.6 is 0 Å². The summed E-state index contributed by atoms with van der Waals surface area (Å²) in [7, 11) is 0. The van der Waals surface area contributed by atoms with Crippen molar-refractivity contribution in [3.05, 3.63) is 66.0 Å². The predicted molar refractivity (Wildman–Crippen MR) is 101 cm³/mol. The average molecular weight is 385 g/mol. The summed E-state index contributed by atoms with van der Waals surface area (Å²) in [4.78, 5) is 2.25. The van der Waals surface area contributed by atoms with E-state index in [1.807, 2.05) is 12.1 Å². The van der Waals surface area contributed by atoms with E-state index in [9.17, 15) is 9.50 Å². The van der Waals surface area contributed by atoms with E-state index in [1.165, 1.54) is 12.1 Å². The van der Waals surface area contributed by atoms with Gasteiger partial charge in [-0.3, -0.25) is 15.1 Å². The Bertz CT molecular complexity index is 819. The monoisotopic (exact) mass is 385 g/mol. The molecule has 0 amide bonds. The van der Waals surface area contributed by atoms with E-state index in [2.05, 4.69) is 25.3 Å². The first-order valence-electron chi connectivity index (χ1n) is 9.46. The average Bonchev–Trinajstić information content (AvgIpc) is 3.42. The Balaban J connectivity index is 1.40. The molecule has 3 atom stereocenters. The van der Waals surface area contributed by atoms with E-state index in [-0.39, 0.29) is 17.8 Å². The third kappa shape index (κ3) is 4.58. The van der Waals surface area contributed by atoms with Gasteiger partial charge in [0, 0.05) is 55.4 Å². The van der Waals surface area contributed by atoms with Crippen LogP contribution in [0.15, 0.2) is 48.8 Å². The number of ether oxygens (including phenoxy) is 1. The molecular weight excluding hydrogens is 361 g/mol. The molecule has 148 valence electrons. The van der Waals surface area contributed by atoms with Gasteiger partial charge in [-0.25, -0.2) is 4.39 Å². The fraction of sp³-hybridized carbons (Fsp3) is 0.400. The maximum atomic E-state index is 13.4. The number of benzene rings is 1. The van der Waals surface area contributed by atoms with Crippen LogP contribution in [-0.2, 0) is 13.1 Å². The number of rotatable bonds is 8. The molecule has 1 saturated carbocycles. The Kier molecular flexibility index (Phi) is 5.68. The van der Waals surface area contributed by atoms with E-state index in [0.29, 0.717) is 25.4 Å². The molecule has 1 aromatic carbocycles. The number of nitrogens with one attached hydrogen (secondary N) is 2. The van der Waals surface area contributed by atoms with Gasteiger partial charge in [0.2, 0.25) is 0 Å². The first-order chi connectivity index (χ1) is 13.7. The second-order valence-corrected chi connectivity index (χ2v) is 7.28. The van der Waals surface area contributed by atoms with Crippen molar-refractivity contribution < 1.29 is 14.2 Å². The number of H-pyrrole nitrogens is 2. The molecule has 1 fully saturated rings. The minimum Gasteiger partial charge on any atom is -0.488 e. The number of aliphatic hydroxyl groups is 1. The zero-order chi connectivity index (χ0) is 19.3. The molecule has 0 bridgehead atoms. The molecule has 0 unspecified atom stereocenters. The Labute approximate surface area is 162 Å². The van der Waals surface area contributed by atoms with Crippen LogP contribution < -0.4 is 4.74 Å². The van der Waals surface area contributed by atoms with Gasteiger partial charge in [-0.2, -0.15) is 10.2 Å². The van der Waals surface area contributed by atoms with Gasteiger partial charge in [-0.1, -0.05) is 6.07 Å². The highest BCUT2D eigenvalue weighted by Crippen LogP contribution is 2.31. The van der Waals surface area contributed by atoms with Gasteiger partial charge in [0.15, 0.2) is 0 Å². The van der Waals surface area contributed by atoms with Crippen LogP contribution in [0, 0.1) is 11.7 Å². The lowest BCUT2D eigenvalue weighted by Crippen LogP contribution is -2.37. The number of aromatic nitrogens is 4. The van der Waals surface area contributed by atoms with E-state index < -0.39 is 6.10 Å². The van der Waals surface area contributed by atoms with Crippen molar-refractivity contribution in [2.75, 3.05) is 6.54 Å². The first kappa shape index (κ1) is 18.6. The zero-order valence-corrected chi connectivity index (χ0v) is 15.5. The van der Waals surface area contributed by atoms with Gasteiger partial charge in [0.05, 0.1) is 6.10 Å². The van der Waals surface area contributed by atoms with Crippen molar-refractivity contribution in [2.24, 2.45) is 5.92 Å². The molecule has 1 aliphatic carbocycles. The summed E-state index contributed by atoms with van der Waals surface area (Å²) in [6, 6.07) is 9.94. The minimum atomic E-state index is -0.602. The number of hydrogen-bond acceptors (Lipinski definition) is 5. The van der Waals surface area contributed by atoms with Crippen LogP contribution in [0.3, 0.4) is 0 Å². The van der Waals surface area contributed by atoms with Gasteiger partial charge in [-0.15, -0.1) is 0 Å². The fourth-order valence-corrected chi connectivity index (χ4v) is 3.81. The molecule has 8 heteroatoms. The summed E-state index contributed by atoms with van der Waals surface area (Å²) < 4.78 is 19.2. The predicted octanol–water partition coefficient (Wildman–Crippen LogP) is 2.49. The quantitative estimate of drug-likeness (QED) is 0.554. The summed E-state index contributed by atoms with van der Waals surface area (Å²) in [5.41, 5.74) is 2.03. The Morgan fingerprint density at radius 3 is 2.39 bits per heavy atom. The van der Waals surface area contributed by atoms with E-state index in [1.54, 1.807) is 24.5 Å². The summed E-state index contributed by atoms with van der Waals surface area (Å²) in [5.74, 6) is 0.188. The molecule has 1 aliphatic rings. The maximum absolute atomic E-state index is 13.4. The van der Waals surface area contributed by atoms with Crippen molar-refractivity contribution >= 4 is 0 Å². The van der Waals surface area contributed by atoms with Crippen LogP contribution in [0.4, 0.5) is 4.39 Å². The number of nitrogens with zero attached hydrogens (tertiary/aromatic N) is 3. The molecular formula is C20H24FN5O2. The Morgan fingerprint density at radius 1 is 1.07 bits per heavy atom. The third-order valence-corrected chi connectivity index (χ3v) is 5.17. The van der Waals surface area contributed by atoms with Gasteiger partial charge in [0.25, 0.3) is 0 Å². The standard InChI is InChI=1S/C20H24FN5O2/c21-15-2-1-3-18(10-15)28-19-5-4-14(20(19)27)11-26(12-16-6-8-22-24-16)13-17-7-9-23-25-17/h1-3,6-10,14,19-20,27H,4-5,11-13H2,(H,22,24)(H,23,25)/t14-,19-,20-/m1/s1. The van der Waals surface area contributed by atoms with Crippen LogP contribution in [0.2, 0.25) is 0 Å². The Hall–Kier alpha value is -2.71. The van der Waals surface area contributed by atoms with Crippen molar-refractivity contribution in [1.82, 2.24) is 25.3 Å². The van der Waals surface area contributed by atoms with Crippen LogP contribution in [-0.4, -0.2) is 49.2 Å². The van der Waals surface area contributed by atoms with Crippen LogP contribution in [0.1, 0.15) is 24.2 Å². The molecule has 0 spiro atoms. The van der Waals surface area contributed by atoms with E-state index in [0.717, 1.165) is 24.2 Å². The molecule has 4 rings (SSSR count). The number of halogens is 1. The second-order valence-electron chi connectivity index (χ2n) is 7.28. The molecule has 2 aromatic heterocycles.